The summed E-state index contributed by atoms with van der Waals surface area (Å²) in [7, 11) is 0. The predicted octanol–water partition coefficient (Wildman–Crippen LogP) is 4.95. The van der Waals surface area contributed by atoms with Crippen molar-refractivity contribution >= 4 is 15.9 Å². The molecule has 0 aromatic heterocycles. The molecule has 1 N–H and O–H groups in total. The molecule has 1 unspecified atom stereocenters. The van der Waals surface area contributed by atoms with Crippen LogP contribution in [-0.4, -0.2) is 11.2 Å². The molecule has 1 atom stereocenters. The zero-order valence-electron chi connectivity index (χ0n) is 12.3. The number of halogens is 2. The van der Waals surface area contributed by atoms with E-state index in [-0.39, 0.29) is 11.9 Å². The highest BCUT2D eigenvalue weighted by molar-refractivity contribution is 9.10. The number of aliphatic hydroxyl groups is 1. The Morgan fingerprint density at radius 3 is 2.30 bits per heavy atom. The van der Waals surface area contributed by atoms with Crippen molar-refractivity contribution in [2.75, 3.05) is 0 Å². The van der Waals surface area contributed by atoms with Crippen LogP contribution in [0, 0.1) is 23.6 Å². The van der Waals surface area contributed by atoms with Gasteiger partial charge in [-0.3, -0.25) is 0 Å². The Hall–Kier alpha value is -0.410. The Bertz CT molecular complexity index is 418. The van der Waals surface area contributed by atoms with Crippen LogP contribution in [0.3, 0.4) is 0 Å². The molecule has 0 saturated heterocycles. The minimum atomic E-state index is -0.350. The van der Waals surface area contributed by atoms with Gasteiger partial charge in [-0.2, -0.15) is 0 Å². The number of benzene rings is 1. The molecule has 20 heavy (non-hydrogen) atoms. The summed E-state index contributed by atoms with van der Waals surface area (Å²) in [5, 5.41) is 10.4. The minimum absolute atomic E-state index is 0.245. The molecule has 112 valence electrons. The van der Waals surface area contributed by atoms with Crippen LogP contribution in [0.5, 0.6) is 0 Å². The van der Waals surface area contributed by atoms with Crippen LogP contribution in [0.4, 0.5) is 4.39 Å². The monoisotopic (exact) mass is 342 g/mol. The molecule has 1 aliphatic carbocycles. The van der Waals surface area contributed by atoms with Crippen molar-refractivity contribution in [3.63, 3.8) is 0 Å². The van der Waals surface area contributed by atoms with Crippen molar-refractivity contribution < 1.29 is 9.50 Å². The van der Waals surface area contributed by atoms with Crippen LogP contribution in [0.2, 0.25) is 0 Å². The van der Waals surface area contributed by atoms with Gasteiger partial charge in [0, 0.05) is 4.47 Å². The van der Waals surface area contributed by atoms with Crippen molar-refractivity contribution in [2.45, 2.75) is 52.1 Å². The minimum Gasteiger partial charge on any atom is -0.392 e. The molecule has 0 amide bonds. The quantitative estimate of drug-likeness (QED) is 0.820. The second-order valence-electron chi connectivity index (χ2n) is 6.47. The zero-order valence-corrected chi connectivity index (χ0v) is 13.9. The van der Waals surface area contributed by atoms with Crippen molar-refractivity contribution in [3.8, 4) is 0 Å². The number of aliphatic hydroxyl groups excluding tert-OH is 1. The SMILES string of the molecule is CC(C)C1CCC(C(O)Cc2cc(F)cc(Br)c2)CC1. The van der Waals surface area contributed by atoms with E-state index in [1.165, 1.54) is 25.0 Å². The summed E-state index contributed by atoms with van der Waals surface area (Å²) >= 11 is 3.30. The average Bonchev–Trinajstić information content (AvgIpc) is 2.37. The van der Waals surface area contributed by atoms with Gasteiger partial charge in [-0.15, -0.1) is 0 Å². The molecular weight excluding hydrogens is 319 g/mol. The summed E-state index contributed by atoms with van der Waals surface area (Å²) in [6.07, 6.45) is 4.82. The van der Waals surface area contributed by atoms with Crippen LogP contribution < -0.4 is 0 Å². The highest BCUT2D eigenvalue weighted by atomic mass is 79.9. The average molecular weight is 343 g/mol. The lowest BCUT2D eigenvalue weighted by Gasteiger charge is -2.33. The van der Waals surface area contributed by atoms with E-state index in [4.69, 9.17) is 0 Å². The molecule has 2 rings (SSSR count). The molecule has 3 heteroatoms. The fourth-order valence-electron chi connectivity index (χ4n) is 3.33. The third-order valence-electron chi connectivity index (χ3n) is 4.67. The van der Waals surface area contributed by atoms with Crippen molar-refractivity contribution in [1.29, 1.82) is 0 Å². The number of hydrogen-bond donors (Lipinski definition) is 1. The third-order valence-corrected chi connectivity index (χ3v) is 5.13. The molecule has 0 heterocycles. The third kappa shape index (κ3) is 4.29. The van der Waals surface area contributed by atoms with Crippen LogP contribution in [0.1, 0.15) is 45.1 Å². The van der Waals surface area contributed by atoms with E-state index in [1.807, 2.05) is 6.07 Å². The lowest BCUT2D eigenvalue weighted by atomic mass is 9.74. The van der Waals surface area contributed by atoms with Crippen LogP contribution in [-0.2, 0) is 6.42 Å². The van der Waals surface area contributed by atoms with E-state index in [0.717, 1.165) is 34.7 Å². The van der Waals surface area contributed by atoms with Gasteiger partial charge in [0.1, 0.15) is 5.82 Å². The Morgan fingerprint density at radius 2 is 1.75 bits per heavy atom. The summed E-state index contributed by atoms with van der Waals surface area (Å²) in [5.74, 6) is 1.67. The summed E-state index contributed by atoms with van der Waals surface area (Å²) < 4.78 is 14.1. The van der Waals surface area contributed by atoms with E-state index in [2.05, 4.69) is 29.8 Å². The van der Waals surface area contributed by atoms with E-state index in [0.29, 0.717) is 12.3 Å². The van der Waals surface area contributed by atoms with Gasteiger partial charge in [0.05, 0.1) is 6.10 Å². The van der Waals surface area contributed by atoms with Crippen molar-refractivity contribution in [3.05, 3.63) is 34.1 Å². The Balaban J connectivity index is 1.91. The maximum absolute atomic E-state index is 13.3. The molecule has 1 fully saturated rings. The van der Waals surface area contributed by atoms with Crippen LogP contribution in [0.15, 0.2) is 22.7 Å². The molecule has 1 aromatic carbocycles. The molecule has 0 bridgehead atoms. The normalized spacial score (nSPS) is 24.9. The molecule has 1 aliphatic rings. The molecule has 1 saturated carbocycles. The molecule has 0 aliphatic heterocycles. The summed E-state index contributed by atoms with van der Waals surface area (Å²) in [6, 6.07) is 4.86. The predicted molar refractivity (Wildman–Crippen MR) is 84.1 cm³/mol. The summed E-state index contributed by atoms with van der Waals surface area (Å²) in [6.45, 7) is 4.57. The van der Waals surface area contributed by atoms with Crippen molar-refractivity contribution in [2.24, 2.45) is 17.8 Å². The van der Waals surface area contributed by atoms with Gasteiger partial charge in [0.15, 0.2) is 0 Å². The largest absolute Gasteiger partial charge is 0.392 e. The molecule has 1 nitrogen and oxygen atoms in total. The second kappa shape index (κ2) is 7.04. The van der Waals surface area contributed by atoms with E-state index in [9.17, 15) is 9.50 Å². The van der Waals surface area contributed by atoms with Crippen LogP contribution >= 0.6 is 15.9 Å². The smallest absolute Gasteiger partial charge is 0.124 e. The Morgan fingerprint density at radius 1 is 1.15 bits per heavy atom. The molecular formula is C17H24BrFO. The standard InChI is InChI=1S/C17H24BrFO/c1-11(2)13-3-5-14(6-4-13)17(20)9-12-7-15(18)10-16(19)8-12/h7-8,10-11,13-14,17,20H,3-6,9H2,1-2H3. The first kappa shape index (κ1) is 16.0. The van der Waals surface area contributed by atoms with Gasteiger partial charge >= 0.3 is 0 Å². The molecule has 0 spiro atoms. The second-order valence-corrected chi connectivity index (χ2v) is 7.38. The highest BCUT2D eigenvalue weighted by Gasteiger charge is 2.27. The number of rotatable bonds is 4. The first-order valence-corrected chi connectivity index (χ1v) is 8.38. The fraction of sp³-hybridized carbons (Fsp3) is 0.647. The Labute approximate surface area is 129 Å². The summed E-state index contributed by atoms with van der Waals surface area (Å²) in [5.41, 5.74) is 0.871. The van der Waals surface area contributed by atoms with Gasteiger partial charge < -0.3 is 5.11 Å². The maximum atomic E-state index is 13.3. The zero-order chi connectivity index (χ0) is 14.7. The number of hydrogen-bond acceptors (Lipinski definition) is 1. The van der Waals surface area contributed by atoms with Gasteiger partial charge in [-0.25, -0.2) is 4.39 Å². The van der Waals surface area contributed by atoms with Gasteiger partial charge in [-0.05, 0) is 73.6 Å². The highest BCUT2D eigenvalue weighted by Crippen LogP contribution is 2.35. The van der Waals surface area contributed by atoms with Crippen LogP contribution in [0.25, 0.3) is 0 Å². The lowest BCUT2D eigenvalue weighted by molar-refractivity contribution is 0.0674. The van der Waals surface area contributed by atoms with Gasteiger partial charge in [0.2, 0.25) is 0 Å². The fourth-order valence-corrected chi connectivity index (χ4v) is 3.85. The summed E-state index contributed by atoms with van der Waals surface area (Å²) in [4.78, 5) is 0. The first-order valence-electron chi connectivity index (χ1n) is 7.58. The topological polar surface area (TPSA) is 20.2 Å². The maximum Gasteiger partial charge on any atom is 0.124 e. The lowest BCUT2D eigenvalue weighted by Crippen LogP contribution is -2.28. The van der Waals surface area contributed by atoms with Crippen molar-refractivity contribution in [1.82, 2.24) is 0 Å². The van der Waals surface area contributed by atoms with E-state index < -0.39 is 0 Å². The van der Waals surface area contributed by atoms with E-state index in [1.54, 1.807) is 0 Å². The molecule has 1 aromatic rings. The van der Waals surface area contributed by atoms with Gasteiger partial charge in [-0.1, -0.05) is 29.8 Å². The Kier molecular flexibility index (Phi) is 5.62. The first-order chi connectivity index (χ1) is 9.45. The van der Waals surface area contributed by atoms with Gasteiger partial charge in [0.25, 0.3) is 0 Å². The van der Waals surface area contributed by atoms with E-state index >= 15 is 0 Å². The molecule has 0 radical (unpaired) electrons.